The Bertz CT molecular complexity index is 695. The molecule has 0 aromatic carbocycles. The molecule has 3 N–H and O–H groups in total. The fraction of sp³-hybridized carbons (Fsp3) is 0.438. The third-order valence-electron chi connectivity index (χ3n) is 4.44. The molecule has 1 fully saturated rings. The van der Waals surface area contributed by atoms with Gasteiger partial charge in [-0.15, -0.1) is 0 Å². The highest BCUT2D eigenvalue weighted by atomic mass is 32.1. The van der Waals surface area contributed by atoms with Gasteiger partial charge in [-0.25, -0.2) is 0 Å². The third kappa shape index (κ3) is 3.29. The number of rotatable bonds is 4. The minimum absolute atomic E-state index is 0.122. The molecule has 1 aliphatic heterocycles. The van der Waals surface area contributed by atoms with Crippen LogP contribution >= 0.6 is 11.3 Å². The van der Waals surface area contributed by atoms with Crippen molar-refractivity contribution >= 4 is 23.2 Å². The van der Waals surface area contributed by atoms with E-state index >= 15 is 0 Å². The number of H-pyrrole nitrogens is 1. The van der Waals surface area contributed by atoms with Crippen LogP contribution in [0.1, 0.15) is 53.3 Å². The number of hydrogen-bond acceptors (Lipinski definition) is 4. The molecule has 0 radical (unpaired) electrons. The number of carbonyl (C=O) groups is 2. The van der Waals surface area contributed by atoms with Gasteiger partial charge in [0, 0.05) is 24.7 Å². The van der Waals surface area contributed by atoms with Gasteiger partial charge < -0.3 is 10.6 Å². The molecule has 3 heterocycles. The summed E-state index contributed by atoms with van der Waals surface area (Å²) < 4.78 is 0. The molecule has 122 valence electrons. The molecular formula is C16H20N4O2S. The number of nitrogens with one attached hydrogen (secondary N) is 1. The number of thiophene rings is 1. The SMILES string of the molecule is C[C@@H](C(=O)N1CCC[C@@H](c2cc(C(N)=O)n[nH]2)C1)c1ccsc1. The molecule has 0 aliphatic carbocycles. The van der Waals surface area contributed by atoms with E-state index in [4.69, 9.17) is 5.73 Å². The minimum atomic E-state index is -0.540. The third-order valence-corrected chi connectivity index (χ3v) is 5.14. The Kier molecular flexibility index (Phi) is 4.47. The van der Waals surface area contributed by atoms with Gasteiger partial charge in [-0.05, 0) is 48.2 Å². The number of nitrogens with two attached hydrogens (primary N) is 1. The van der Waals surface area contributed by atoms with Crippen molar-refractivity contribution in [2.45, 2.75) is 31.6 Å². The molecule has 0 spiro atoms. The molecule has 6 nitrogen and oxygen atoms in total. The van der Waals surface area contributed by atoms with Crippen LogP contribution < -0.4 is 5.73 Å². The Morgan fingerprint density at radius 3 is 3.00 bits per heavy atom. The van der Waals surface area contributed by atoms with E-state index in [2.05, 4.69) is 10.2 Å². The van der Waals surface area contributed by atoms with E-state index in [1.165, 1.54) is 0 Å². The van der Waals surface area contributed by atoms with Crippen LogP contribution in [0.4, 0.5) is 0 Å². The monoisotopic (exact) mass is 332 g/mol. The number of amides is 2. The first kappa shape index (κ1) is 15.7. The number of piperidine rings is 1. The number of nitrogens with zero attached hydrogens (tertiary/aromatic N) is 2. The lowest BCUT2D eigenvalue weighted by molar-refractivity contribution is -0.133. The van der Waals surface area contributed by atoms with Gasteiger partial charge in [-0.1, -0.05) is 0 Å². The average Bonchev–Trinajstić information content (AvgIpc) is 3.25. The van der Waals surface area contributed by atoms with Crippen LogP contribution in [0.5, 0.6) is 0 Å². The molecule has 0 saturated carbocycles. The molecule has 2 amide bonds. The maximum atomic E-state index is 12.7. The fourth-order valence-corrected chi connectivity index (χ4v) is 3.80. The van der Waals surface area contributed by atoms with E-state index in [0.717, 1.165) is 30.6 Å². The maximum Gasteiger partial charge on any atom is 0.269 e. The molecule has 2 aromatic heterocycles. The standard InChI is InChI=1S/C16H20N4O2S/c1-10(12-4-6-23-9-12)16(22)20-5-2-3-11(8-20)13-7-14(15(17)21)19-18-13/h4,6-7,9-11H,2-3,5,8H2,1H3,(H2,17,21)(H,18,19)/t10-,11-/m1/s1. The van der Waals surface area contributed by atoms with Crippen LogP contribution in [0.25, 0.3) is 0 Å². The molecule has 3 rings (SSSR count). The van der Waals surface area contributed by atoms with Crippen LogP contribution in [-0.4, -0.2) is 40.0 Å². The molecule has 0 bridgehead atoms. The van der Waals surface area contributed by atoms with Gasteiger partial charge in [0.1, 0.15) is 5.69 Å². The Labute approximate surface area is 138 Å². The first-order valence-electron chi connectivity index (χ1n) is 7.72. The fourth-order valence-electron chi connectivity index (χ4n) is 3.04. The number of primary amides is 1. The van der Waals surface area contributed by atoms with Crippen LogP contribution in [0.15, 0.2) is 22.9 Å². The topological polar surface area (TPSA) is 92.1 Å². The van der Waals surface area contributed by atoms with E-state index in [-0.39, 0.29) is 23.4 Å². The van der Waals surface area contributed by atoms with Crippen LogP contribution in [0, 0.1) is 0 Å². The summed E-state index contributed by atoms with van der Waals surface area (Å²) in [6, 6.07) is 3.70. The molecule has 2 aromatic rings. The average molecular weight is 332 g/mol. The molecule has 2 atom stereocenters. The summed E-state index contributed by atoms with van der Waals surface area (Å²) in [7, 11) is 0. The number of carbonyl (C=O) groups excluding carboxylic acids is 2. The smallest absolute Gasteiger partial charge is 0.269 e. The quantitative estimate of drug-likeness (QED) is 0.898. The molecule has 1 aliphatic rings. The molecule has 7 heteroatoms. The first-order valence-corrected chi connectivity index (χ1v) is 8.66. The van der Waals surface area contributed by atoms with Gasteiger partial charge in [-0.2, -0.15) is 16.4 Å². The minimum Gasteiger partial charge on any atom is -0.364 e. The van der Waals surface area contributed by atoms with Gasteiger partial charge in [0.2, 0.25) is 5.91 Å². The van der Waals surface area contributed by atoms with Crippen LogP contribution in [0.2, 0.25) is 0 Å². The Morgan fingerprint density at radius 1 is 1.52 bits per heavy atom. The zero-order valence-corrected chi connectivity index (χ0v) is 13.8. The highest BCUT2D eigenvalue weighted by Gasteiger charge is 2.29. The summed E-state index contributed by atoms with van der Waals surface area (Å²) in [5.74, 6) is -0.337. The number of aromatic amines is 1. The zero-order valence-electron chi connectivity index (χ0n) is 13.0. The molecule has 0 unspecified atom stereocenters. The summed E-state index contributed by atoms with van der Waals surface area (Å²) in [5, 5.41) is 10.8. The summed E-state index contributed by atoms with van der Waals surface area (Å²) in [5.41, 5.74) is 7.43. The predicted octanol–water partition coefficient (Wildman–Crippen LogP) is 2.08. The lowest BCUT2D eigenvalue weighted by Crippen LogP contribution is -2.41. The second-order valence-electron chi connectivity index (χ2n) is 5.97. The van der Waals surface area contributed by atoms with Gasteiger partial charge in [0.15, 0.2) is 0 Å². The largest absolute Gasteiger partial charge is 0.364 e. The van der Waals surface area contributed by atoms with E-state index in [1.54, 1.807) is 17.4 Å². The number of likely N-dealkylation sites (tertiary alicyclic amines) is 1. The van der Waals surface area contributed by atoms with Crippen LogP contribution in [-0.2, 0) is 4.79 Å². The van der Waals surface area contributed by atoms with Crippen molar-refractivity contribution in [3.63, 3.8) is 0 Å². The van der Waals surface area contributed by atoms with Crippen molar-refractivity contribution in [1.82, 2.24) is 15.1 Å². The molecule has 23 heavy (non-hydrogen) atoms. The van der Waals surface area contributed by atoms with Crippen molar-refractivity contribution in [1.29, 1.82) is 0 Å². The van der Waals surface area contributed by atoms with Crippen LogP contribution in [0.3, 0.4) is 0 Å². The second kappa shape index (κ2) is 6.54. The Balaban J connectivity index is 1.70. The summed E-state index contributed by atoms with van der Waals surface area (Å²) in [6.45, 7) is 3.38. The molecular weight excluding hydrogens is 312 g/mol. The van der Waals surface area contributed by atoms with Gasteiger partial charge in [-0.3, -0.25) is 14.7 Å². The zero-order chi connectivity index (χ0) is 16.4. The highest BCUT2D eigenvalue weighted by Crippen LogP contribution is 2.29. The van der Waals surface area contributed by atoms with Crippen molar-refractivity contribution in [3.8, 4) is 0 Å². The summed E-state index contributed by atoms with van der Waals surface area (Å²) in [6.07, 6.45) is 1.91. The normalized spacial score (nSPS) is 19.5. The molecule has 1 saturated heterocycles. The Hall–Kier alpha value is -2.15. The first-order chi connectivity index (χ1) is 11.1. The Morgan fingerprint density at radius 2 is 2.35 bits per heavy atom. The summed E-state index contributed by atoms with van der Waals surface area (Å²) >= 11 is 1.61. The van der Waals surface area contributed by atoms with E-state index in [0.29, 0.717) is 6.54 Å². The maximum absolute atomic E-state index is 12.7. The van der Waals surface area contributed by atoms with Crippen molar-refractivity contribution in [2.24, 2.45) is 5.73 Å². The lowest BCUT2D eigenvalue weighted by atomic mass is 9.93. The number of hydrogen-bond donors (Lipinski definition) is 2. The second-order valence-corrected chi connectivity index (χ2v) is 6.75. The van der Waals surface area contributed by atoms with Gasteiger partial charge in [0.25, 0.3) is 5.91 Å². The predicted molar refractivity (Wildman–Crippen MR) is 88.4 cm³/mol. The van der Waals surface area contributed by atoms with Crippen molar-refractivity contribution in [3.05, 3.63) is 39.8 Å². The van der Waals surface area contributed by atoms with E-state index < -0.39 is 5.91 Å². The van der Waals surface area contributed by atoms with Crippen molar-refractivity contribution < 1.29 is 9.59 Å². The summed E-state index contributed by atoms with van der Waals surface area (Å²) in [4.78, 5) is 25.8. The van der Waals surface area contributed by atoms with E-state index in [1.807, 2.05) is 28.7 Å². The van der Waals surface area contributed by atoms with E-state index in [9.17, 15) is 9.59 Å². The lowest BCUT2D eigenvalue weighted by Gasteiger charge is -2.33. The highest BCUT2D eigenvalue weighted by molar-refractivity contribution is 7.08. The van der Waals surface area contributed by atoms with Gasteiger partial charge >= 0.3 is 0 Å². The number of aromatic nitrogens is 2. The van der Waals surface area contributed by atoms with Crippen molar-refractivity contribution in [2.75, 3.05) is 13.1 Å². The van der Waals surface area contributed by atoms with Gasteiger partial charge in [0.05, 0.1) is 5.92 Å².